The summed E-state index contributed by atoms with van der Waals surface area (Å²) in [7, 11) is 1.68. The molecule has 1 saturated carbocycles. The molecule has 8 nitrogen and oxygen atoms in total. The maximum absolute atomic E-state index is 9.32. The third kappa shape index (κ3) is 5.62. The van der Waals surface area contributed by atoms with Crippen LogP contribution in [0.1, 0.15) is 55.1 Å². The van der Waals surface area contributed by atoms with Crippen molar-refractivity contribution >= 4 is 17.5 Å². The minimum absolute atomic E-state index is 0.247. The van der Waals surface area contributed by atoms with Crippen LogP contribution in [0.5, 0.6) is 5.75 Å². The van der Waals surface area contributed by atoms with Crippen LogP contribution >= 0.6 is 0 Å². The molecule has 2 aromatic heterocycles. The Morgan fingerprint density at radius 2 is 2.15 bits per heavy atom. The van der Waals surface area contributed by atoms with Crippen molar-refractivity contribution in [2.75, 3.05) is 37.5 Å². The predicted octanol–water partition coefficient (Wildman–Crippen LogP) is 3.74. The number of fused-ring (bicyclic) bond motifs is 1. The fraction of sp³-hybridized carbons (Fsp3) is 0.560. The summed E-state index contributed by atoms with van der Waals surface area (Å²) in [6, 6.07) is 2.43. The van der Waals surface area contributed by atoms with E-state index in [1.807, 2.05) is 13.1 Å². The minimum Gasteiger partial charge on any atom is -0.455 e. The smallest absolute Gasteiger partial charge is 0.224 e. The molecule has 0 aromatic carbocycles. The second-order valence-corrected chi connectivity index (χ2v) is 8.82. The number of aromatic nitrogens is 3. The average Bonchev–Trinajstić information content (AvgIpc) is 3.25. The van der Waals surface area contributed by atoms with Crippen LogP contribution in [0.15, 0.2) is 18.3 Å². The van der Waals surface area contributed by atoms with Crippen molar-refractivity contribution in [3.05, 3.63) is 40.9 Å². The number of allylic oxidation sites excluding steroid dienone is 1. The number of nitrogens with zero attached hydrogens (tertiary/aromatic N) is 3. The minimum atomic E-state index is 0.247. The van der Waals surface area contributed by atoms with Crippen LogP contribution < -0.4 is 15.4 Å². The number of anilines is 2. The van der Waals surface area contributed by atoms with E-state index in [1.54, 1.807) is 7.11 Å². The molecule has 8 heteroatoms. The van der Waals surface area contributed by atoms with Gasteiger partial charge in [0.05, 0.1) is 24.1 Å². The fourth-order valence-electron chi connectivity index (χ4n) is 4.66. The molecule has 0 radical (unpaired) electrons. The molecule has 0 spiro atoms. The lowest BCUT2D eigenvalue weighted by Crippen LogP contribution is -2.21. The van der Waals surface area contributed by atoms with Gasteiger partial charge in [-0.1, -0.05) is 6.92 Å². The van der Waals surface area contributed by atoms with E-state index in [1.165, 1.54) is 0 Å². The number of hydrogen-bond donors (Lipinski definition) is 3. The third-order valence-electron chi connectivity index (χ3n) is 6.44. The second-order valence-electron chi connectivity index (χ2n) is 8.82. The van der Waals surface area contributed by atoms with Gasteiger partial charge in [-0.3, -0.25) is 4.98 Å². The zero-order valence-corrected chi connectivity index (χ0v) is 19.9. The summed E-state index contributed by atoms with van der Waals surface area (Å²) >= 11 is 0. The highest BCUT2D eigenvalue weighted by atomic mass is 16.5. The Balaban J connectivity index is 1.61. The summed E-state index contributed by atoms with van der Waals surface area (Å²) in [4.78, 5) is 14.0. The van der Waals surface area contributed by atoms with Crippen LogP contribution in [0.4, 0.5) is 11.8 Å². The largest absolute Gasteiger partial charge is 0.455 e. The van der Waals surface area contributed by atoms with Gasteiger partial charge in [-0.2, -0.15) is 4.98 Å². The lowest BCUT2D eigenvalue weighted by atomic mass is 10.0. The van der Waals surface area contributed by atoms with E-state index >= 15 is 0 Å². The van der Waals surface area contributed by atoms with E-state index in [-0.39, 0.29) is 6.61 Å². The van der Waals surface area contributed by atoms with Crippen LogP contribution in [0, 0.1) is 12.8 Å². The second kappa shape index (κ2) is 10.9. The van der Waals surface area contributed by atoms with Crippen LogP contribution in [-0.2, 0) is 17.6 Å². The number of aryl methyl sites for hydroxylation is 2. The Kier molecular flexibility index (Phi) is 7.77. The molecular weight excluding hydrogens is 418 g/mol. The Morgan fingerprint density at radius 1 is 1.27 bits per heavy atom. The maximum Gasteiger partial charge on any atom is 0.224 e. The van der Waals surface area contributed by atoms with E-state index in [0.717, 1.165) is 78.4 Å². The molecule has 2 aromatic rings. The van der Waals surface area contributed by atoms with E-state index in [2.05, 4.69) is 34.7 Å². The summed E-state index contributed by atoms with van der Waals surface area (Å²) in [6.45, 7) is 5.56. The van der Waals surface area contributed by atoms with Crippen LogP contribution in [0.3, 0.4) is 0 Å². The first kappa shape index (κ1) is 23.4. The monoisotopic (exact) mass is 453 g/mol. The number of nitrogens with one attached hydrogen (secondary N) is 2. The summed E-state index contributed by atoms with van der Waals surface area (Å²) in [6.07, 6.45) is 9.69. The molecule has 2 aliphatic rings. The molecule has 3 N–H and O–H groups in total. The molecule has 1 aliphatic heterocycles. The van der Waals surface area contributed by atoms with Gasteiger partial charge < -0.3 is 25.2 Å². The first-order chi connectivity index (χ1) is 16.1. The Morgan fingerprint density at radius 3 is 2.94 bits per heavy atom. The van der Waals surface area contributed by atoms with Crippen molar-refractivity contribution in [1.82, 2.24) is 15.0 Å². The van der Waals surface area contributed by atoms with Crippen molar-refractivity contribution in [2.24, 2.45) is 5.92 Å². The van der Waals surface area contributed by atoms with Gasteiger partial charge in [0.1, 0.15) is 17.3 Å². The predicted molar refractivity (Wildman–Crippen MR) is 130 cm³/mol. The molecule has 2 atom stereocenters. The van der Waals surface area contributed by atoms with Gasteiger partial charge in [-0.05, 0) is 63.5 Å². The van der Waals surface area contributed by atoms with Gasteiger partial charge in [-0.15, -0.1) is 0 Å². The molecule has 0 bridgehead atoms. The SMILES string of the molecule is CCc1cc2c(cn1)OC(c1c(C)nc(NCCOC)nc1NC1CCC(CCO)C1)=CC2. The molecule has 4 rings (SSSR count). The van der Waals surface area contributed by atoms with E-state index in [0.29, 0.717) is 31.1 Å². The number of methoxy groups -OCH3 is 1. The van der Waals surface area contributed by atoms with Crippen molar-refractivity contribution in [3.63, 3.8) is 0 Å². The van der Waals surface area contributed by atoms with Crippen molar-refractivity contribution < 1.29 is 14.6 Å². The molecule has 33 heavy (non-hydrogen) atoms. The summed E-state index contributed by atoms with van der Waals surface area (Å²) < 4.78 is 11.5. The van der Waals surface area contributed by atoms with Crippen LogP contribution in [0.2, 0.25) is 0 Å². The van der Waals surface area contributed by atoms with Gasteiger partial charge in [-0.25, -0.2) is 4.98 Å². The number of aliphatic hydroxyl groups excluding tert-OH is 1. The summed E-state index contributed by atoms with van der Waals surface area (Å²) in [5, 5.41) is 16.2. The molecule has 3 heterocycles. The standard InChI is InChI=1S/C25H35N5O3/c1-4-19-14-18-6-8-21(33-22(18)15-27-19)23-16(2)28-25(26-10-12-32-3)30-24(23)29-20-7-5-17(13-20)9-11-31/h8,14-15,17,20,31H,4-7,9-13H2,1-3H3,(H2,26,28,29,30). The average molecular weight is 454 g/mol. The zero-order valence-electron chi connectivity index (χ0n) is 19.9. The first-order valence-corrected chi connectivity index (χ1v) is 12.0. The Labute approximate surface area is 195 Å². The molecule has 1 aliphatic carbocycles. The van der Waals surface area contributed by atoms with Crippen LogP contribution in [0.25, 0.3) is 5.76 Å². The lowest BCUT2D eigenvalue weighted by Gasteiger charge is -2.23. The Bertz CT molecular complexity index is 994. The van der Waals surface area contributed by atoms with Gasteiger partial charge in [0.2, 0.25) is 5.95 Å². The summed E-state index contributed by atoms with van der Waals surface area (Å²) in [5.74, 6) is 3.47. The van der Waals surface area contributed by atoms with Crippen molar-refractivity contribution in [2.45, 2.75) is 58.4 Å². The first-order valence-electron chi connectivity index (χ1n) is 12.0. The number of rotatable bonds is 10. The third-order valence-corrected chi connectivity index (χ3v) is 6.44. The molecule has 1 fully saturated rings. The van der Waals surface area contributed by atoms with Gasteiger partial charge in [0.15, 0.2) is 0 Å². The lowest BCUT2D eigenvalue weighted by molar-refractivity contribution is 0.210. The van der Waals surface area contributed by atoms with E-state index in [9.17, 15) is 5.11 Å². The van der Waals surface area contributed by atoms with E-state index in [4.69, 9.17) is 19.4 Å². The molecule has 0 saturated heterocycles. The zero-order chi connectivity index (χ0) is 23.2. The van der Waals surface area contributed by atoms with E-state index < -0.39 is 0 Å². The van der Waals surface area contributed by atoms with Gasteiger partial charge >= 0.3 is 0 Å². The molecule has 178 valence electrons. The quantitative estimate of drug-likeness (QED) is 0.468. The van der Waals surface area contributed by atoms with Crippen LogP contribution in [-0.4, -0.2) is 53.0 Å². The van der Waals surface area contributed by atoms with Crippen molar-refractivity contribution in [1.29, 1.82) is 0 Å². The maximum atomic E-state index is 9.32. The molecular formula is C25H35N5O3. The van der Waals surface area contributed by atoms with Gasteiger partial charge in [0.25, 0.3) is 0 Å². The normalized spacial score (nSPS) is 19.6. The van der Waals surface area contributed by atoms with Gasteiger partial charge in [0, 0.05) is 37.6 Å². The highest BCUT2D eigenvalue weighted by Crippen LogP contribution is 2.36. The number of pyridine rings is 1. The summed E-state index contributed by atoms with van der Waals surface area (Å²) in [5.41, 5.74) is 3.97. The topological polar surface area (TPSA) is 101 Å². The number of aliphatic hydroxyl groups is 1. The number of hydrogen-bond acceptors (Lipinski definition) is 8. The molecule has 2 unspecified atom stereocenters. The highest BCUT2D eigenvalue weighted by molar-refractivity contribution is 5.75. The van der Waals surface area contributed by atoms with Crippen molar-refractivity contribution in [3.8, 4) is 5.75 Å². The fourth-order valence-corrected chi connectivity index (χ4v) is 4.66. The Hall–Kier alpha value is -2.71. The number of ether oxygens (including phenoxy) is 2. The highest BCUT2D eigenvalue weighted by Gasteiger charge is 2.28. The molecule has 0 amide bonds.